The third kappa shape index (κ3) is 4.96. The predicted octanol–water partition coefficient (Wildman–Crippen LogP) is 4.53. The maximum Gasteiger partial charge on any atom is 0.417 e. The fourth-order valence-electron chi connectivity index (χ4n) is 3.45. The first-order chi connectivity index (χ1) is 15.7. The summed E-state index contributed by atoms with van der Waals surface area (Å²) in [4.78, 5) is 17.3. The largest absolute Gasteiger partial charge is 0.417 e. The molecule has 170 valence electrons. The summed E-state index contributed by atoms with van der Waals surface area (Å²) in [5.41, 5.74) is -0.880. The minimum atomic E-state index is -4.79. The van der Waals surface area contributed by atoms with Gasteiger partial charge in [-0.2, -0.15) is 13.2 Å². The van der Waals surface area contributed by atoms with Gasteiger partial charge in [-0.25, -0.2) is 13.9 Å². The van der Waals surface area contributed by atoms with E-state index in [1.54, 1.807) is 54.6 Å². The fourth-order valence-corrected chi connectivity index (χ4v) is 3.80. The lowest BCUT2D eigenvalue weighted by molar-refractivity contribution is -0.136. The van der Waals surface area contributed by atoms with E-state index in [0.717, 1.165) is 12.1 Å². The molecular formula is C23H19F3N4O2S. The molecular weight excluding hydrogens is 453 g/mol. The van der Waals surface area contributed by atoms with Crippen LogP contribution in [0, 0.1) is 0 Å². The molecule has 0 spiro atoms. The maximum atomic E-state index is 14.0. The van der Waals surface area contributed by atoms with Crippen LogP contribution < -0.4 is 15.5 Å². The van der Waals surface area contributed by atoms with Crippen LogP contribution in [-0.2, 0) is 23.7 Å². The molecule has 0 aliphatic rings. The van der Waals surface area contributed by atoms with Gasteiger partial charge in [0.25, 0.3) is 0 Å². The Labute approximate surface area is 189 Å². The Hall–Kier alpha value is -3.50. The summed E-state index contributed by atoms with van der Waals surface area (Å²) in [6, 6.07) is 19.6. The monoisotopic (exact) mass is 472 g/mol. The summed E-state index contributed by atoms with van der Waals surface area (Å²) in [6.07, 6.45) is -3.42. The Morgan fingerprint density at radius 2 is 1.64 bits per heavy atom. The van der Waals surface area contributed by atoms with Crippen LogP contribution in [0.3, 0.4) is 0 Å². The van der Waals surface area contributed by atoms with Gasteiger partial charge in [0.15, 0.2) is 11.1 Å². The molecule has 2 N–H and O–H groups in total. The predicted molar refractivity (Wildman–Crippen MR) is 123 cm³/mol. The number of nitrogens with zero attached hydrogens (tertiary/aromatic N) is 2. The zero-order valence-corrected chi connectivity index (χ0v) is 18.2. The zero-order valence-electron chi connectivity index (χ0n) is 17.4. The number of para-hydroxylation sites is 2. The molecule has 0 aliphatic heterocycles. The van der Waals surface area contributed by atoms with Gasteiger partial charge in [0.1, 0.15) is 5.82 Å². The molecule has 4 rings (SSSR count). The van der Waals surface area contributed by atoms with Crippen molar-refractivity contribution in [3.8, 4) is 5.69 Å². The standard InChI is InChI=1S/C23H19F3N4O2S/c1-33(32)27-14-16-12-18(23(24,25)26)21-19(31)13-20(28-15-8-4-2-5-9-15)30(22(21)29-16)17-10-6-3-7-11-17/h2-13,27-28H,14H2,1H3. The molecule has 6 nitrogen and oxygen atoms in total. The lowest BCUT2D eigenvalue weighted by atomic mass is 10.1. The molecule has 2 aromatic heterocycles. The molecule has 2 aromatic carbocycles. The van der Waals surface area contributed by atoms with Crippen molar-refractivity contribution in [2.75, 3.05) is 11.6 Å². The van der Waals surface area contributed by atoms with Gasteiger partial charge in [0.05, 0.1) is 34.2 Å². The van der Waals surface area contributed by atoms with Crippen molar-refractivity contribution in [1.29, 1.82) is 0 Å². The second-order valence-corrected chi connectivity index (χ2v) is 8.39. The van der Waals surface area contributed by atoms with Gasteiger partial charge in [-0.05, 0) is 30.3 Å². The Morgan fingerprint density at radius 3 is 2.24 bits per heavy atom. The maximum absolute atomic E-state index is 14.0. The number of hydrogen-bond acceptors (Lipinski definition) is 4. The van der Waals surface area contributed by atoms with E-state index in [1.165, 1.54) is 10.8 Å². The number of aromatic nitrogens is 2. The van der Waals surface area contributed by atoms with Gasteiger partial charge in [-0.3, -0.25) is 9.36 Å². The Bertz CT molecular complexity index is 1370. The van der Waals surface area contributed by atoms with E-state index in [-0.39, 0.29) is 23.7 Å². The number of fused-ring (bicyclic) bond motifs is 1. The van der Waals surface area contributed by atoms with E-state index in [4.69, 9.17) is 0 Å². The van der Waals surface area contributed by atoms with Crippen molar-refractivity contribution in [3.63, 3.8) is 0 Å². The third-order valence-corrected chi connectivity index (χ3v) is 5.39. The molecule has 1 atom stereocenters. The van der Waals surface area contributed by atoms with Crippen molar-refractivity contribution in [2.45, 2.75) is 12.7 Å². The van der Waals surface area contributed by atoms with Gasteiger partial charge < -0.3 is 5.32 Å². The molecule has 0 amide bonds. The van der Waals surface area contributed by atoms with Gasteiger partial charge in [-0.15, -0.1) is 0 Å². The number of halogens is 3. The van der Waals surface area contributed by atoms with Crippen molar-refractivity contribution in [1.82, 2.24) is 14.3 Å². The summed E-state index contributed by atoms with van der Waals surface area (Å²) < 4.78 is 57.5. The fraction of sp³-hybridized carbons (Fsp3) is 0.130. The molecule has 0 radical (unpaired) electrons. The van der Waals surface area contributed by atoms with E-state index >= 15 is 0 Å². The second kappa shape index (κ2) is 9.16. The Kier molecular flexibility index (Phi) is 6.30. The minimum Gasteiger partial charge on any atom is -0.341 e. The highest BCUT2D eigenvalue weighted by atomic mass is 32.2. The van der Waals surface area contributed by atoms with E-state index in [1.807, 2.05) is 6.07 Å². The second-order valence-electron chi connectivity index (χ2n) is 7.19. The van der Waals surface area contributed by atoms with Gasteiger partial charge in [0, 0.05) is 23.7 Å². The quantitative estimate of drug-likeness (QED) is 0.432. The van der Waals surface area contributed by atoms with Crippen molar-refractivity contribution >= 4 is 33.5 Å². The lowest BCUT2D eigenvalue weighted by Gasteiger charge is -2.20. The van der Waals surface area contributed by atoms with Crippen LogP contribution >= 0.6 is 0 Å². The molecule has 0 fully saturated rings. The average molecular weight is 472 g/mol. The zero-order chi connectivity index (χ0) is 23.6. The molecule has 10 heteroatoms. The highest BCUT2D eigenvalue weighted by Crippen LogP contribution is 2.35. The number of benzene rings is 2. The van der Waals surface area contributed by atoms with Gasteiger partial charge in [0.2, 0.25) is 0 Å². The Balaban J connectivity index is 2.07. The number of rotatable bonds is 6. The van der Waals surface area contributed by atoms with Crippen molar-refractivity contribution in [3.05, 3.63) is 94.3 Å². The molecule has 33 heavy (non-hydrogen) atoms. The number of alkyl halides is 3. The van der Waals surface area contributed by atoms with Crippen LogP contribution in [0.15, 0.2) is 77.6 Å². The first kappa shape index (κ1) is 22.7. The van der Waals surface area contributed by atoms with E-state index in [2.05, 4.69) is 15.0 Å². The topological polar surface area (TPSA) is 76.0 Å². The smallest absolute Gasteiger partial charge is 0.341 e. The van der Waals surface area contributed by atoms with Crippen molar-refractivity contribution < 1.29 is 17.4 Å². The van der Waals surface area contributed by atoms with E-state index in [9.17, 15) is 22.2 Å². The highest BCUT2D eigenvalue weighted by molar-refractivity contribution is 7.82. The number of hydrogen-bond donors (Lipinski definition) is 2. The number of pyridine rings is 2. The molecule has 4 aromatic rings. The minimum absolute atomic E-state index is 0.00553. The SMILES string of the molecule is CS(=O)NCc1cc(C(F)(F)F)c2c(=O)cc(Nc3ccccc3)n(-c3ccccc3)c2n1. The highest BCUT2D eigenvalue weighted by Gasteiger charge is 2.35. The normalized spacial score (nSPS) is 12.6. The first-order valence-corrected chi connectivity index (χ1v) is 11.4. The molecule has 2 heterocycles. The summed E-state index contributed by atoms with van der Waals surface area (Å²) in [5, 5.41) is 2.57. The van der Waals surface area contributed by atoms with Gasteiger partial charge >= 0.3 is 6.18 Å². The summed E-state index contributed by atoms with van der Waals surface area (Å²) in [5.74, 6) is 0.259. The molecule has 0 bridgehead atoms. The summed E-state index contributed by atoms with van der Waals surface area (Å²) in [6.45, 7) is -0.165. The average Bonchev–Trinajstić information content (AvgIpc) is 2.78. The lowest BCUT2D eigenvalue weighted by Crippen LogP contribution is -2.21. The van der Waals surface area contributed by atoms with Crippen LogP contribution in [0.5, 0.6) is 0 Å². The first-order valence-electron chi connectivity index (χ1n) is 9.85. The van der Waals surface area contributed by atoms with Crippen LogP contribution in [0.4, 0.5) is 24.7 Å². The Morgan fingerprint density at radius 1 is 1.00 bits per heavy atom. The van der Waals surface area contributed by atoms with Crippen molar-refractivity contribution in [2.24, 2.45) is 0 Å². The van der Waals surface area contributed by atoms with E-state index in [0.29, 0.717) is 11.4 Å². The van der Waals surface area contributed by atoms with Crippen LogP contribution in [0.2, 0.25) is 0 Å². The van der Waals surface area contributed by atoms with Crippen LogP contribution in [0.25, 0.3) is 16.7 Å². The van der Waals surface area contributed by atoms with Crippen LogP contribution in [0.1, 0.15) is 11.3 Å². The number of anilines is 2. The summed E-state index contributed by atoms with van der Waals surface area (Å²) in [7, 11) is -1.46. The molecule has 0 aliphatic carbocycles. The number of nitrogens with one attached hydrogen (secondary N) is 2. The van der Waals surface area contributed by atoms with Gasteiger partial charge in [-0.1, -0.05) is 36.4 Å². The summed E-state index contributed by atoms with van der Waals surface area (Å²) >= 11 is 0. The third-order valence-electron chi connectivity index (χ3n) is 4.84. The molecule has 1 unspecified atom stereocenters. The molecule has 0 saturated carbocycles. The van der Waals surface area contributed by atoms with E-state index < -0.39 is 33.5 Å². The molecule has 0 saturated heterocycles. The van der Waals surface area contributed by atoms with Crippen LogP contribution in [-0.4, -0.2) is 20.0 Å².